The van der Waals surface area contributed by atoms with Gasteiger partial charge in [0, 0.05) is 35.0 Å². The molecule has 0 saturated carbocycles. The highest BCUT2D eigenvalue weighted by Crippen LogP contribution is 2.43. The van der Waals surface area contributed by atoms with Crippen LogP contribution in [0.2, 0.25) is 0 Å². The number of fused-ring (bicyclic) bond motifs is 3. The summed E-state index contributed by atoms with van der Waals surface area (Å²) < 4.78 is 0. The van der Waals surface area contributed by atoms with E-state index in [1.54, 1.807) is 0 Å². The first-order valence-corrected chi connectivity index (χ1v) is 14.6. The summed E-state index contributed by atoms with van der Waals surface area (Å²) in [6.45, 7) is 2.22. The quantitative estimate of drug-likeness (QED) is 0.225. The van der Waals surface area contributed by atoms with Crippen molar-refractivity contribution < 1.29 is 0 Å². The Hall–Kier alpha value is -3.95. The number of rotatable bonds is 8. The predicted molar refractivity (Wildman–Crippen MR) is 172 cm³/mol. The molecule has 3 aromatic carbocycles. The van der Waals surface area contributed by atoms with E-state index in [2.05, 4.69) is 133 Å². The van der Waals surface area contributed by atoms with Crippen molar-refractivity contribution >= 4 is 17.4 Å². The van der Waals surface area contributed by atoms with Crippen LogP contribution in [0, 0.1) is 0 Å². The first-order valence-electron chi connectivity index (χ1n) is 13.6. The van der Waals surface area contributed by atoms with Gasteiger partial charge in [0.1, 0.15) is 0 Å². The van der Waals surface area contributed by atoms with Crippen LogP contribution >= 0.6 is 11.8 Å². The summed E-state index contributed by atoms with van der Waals surface area (Å²) in [7, 11) is 1.91. The van der Waals surface area contributed by atoms with Gasteiger partial charge in [-0.2, -0.15) is 0 Å². The lowest BCUT2D eigenvalue weighted by atomic mass is 9.93. The normalized spacial score (nSPS) is 20.4. The molecule has 0 aliphatic carbocycles. The van der Waals surface area contributed by atoms with E-state index < -0.39 is 0 Å². The number of benzene rings is 3. The number of hydrogen-bond donors (Lipinski definition) is 2. The molecule has 1 saturated heterocycles. The van der Waals surface area contributed by atoms with Gasteiger partial charge < -0.3 is 10.6 Å². The van der Waals surface area contributed by atoms with Gasteiger partial charge in [0.25, 0.3) is 0 Å². The molecular weight excluding hydrogens is 492 g/mol. The summed E-state index contributed by atoms with van der Waals surface area (Å²) in [5, 5.41) is 7.73. The highest BCUT2D eigenvalue weighted by Gasteiger charge is 2.32. The summed E-state index contributed by atoms with van der Waals surface area (Å²) in [6.07, 6.45) is 25.4. The Bertz CT molecular complexity index is 1470. The molecule has 0 radical (unpaired) electrons. The van der Waals surface area contributed by atoms with E-state index in [-0.39, 0.29) is 0 Å². The van der Waals surface area contributed by atoms with Gasteiger partial charge in [0.05, 0.1) is 0 Å². The molecular formula is C36H36N2S. The second-order valence-electron chi connectivity index (χ2n) is 9.93. The topological polar surface area (TPSA) is 24.1 Å². The number of nitrogens with one attached hydrogen (secondary N) is 2. The molecule has 2 unspecified atom stereocenters. The number of anilines is 1. The predicted octanol–water partition coefficient (Wildman–Crippen LogP) is 8.88. The van der Waals surface area contributed by atoms with Crippen LogP contribution in [0.4, 0.5) is 5.69 Å². The van der Waals surface area contributed by atoms with Gasteiger partial charge in [0.2, 0.25) is 0 Å². The molecule has 1 fully saturated rings. The summed E-state index contributed by atoms with van der Waals surface area (Å²) >= 11 is 1.99. The maximum atomic E-state index is 3.53. The zero-order chi connectivity index (χ0) is 26.9. The van der Waals surface area contributed by atoms with Crippen molar-refractivity contribution in [2.45, 2.75) is 30.3 Å². The third kappa shape index (κ3) is 7.34. The number of hydrogen-bond acceptors (Lipinski definition) is 3. The van der Waals surface area contributed by atoms with E-state index in [4.69, 9.17) is 0 Å². The van der Waals surface area contributed by atoms with Crippen molar-refractivity contribution in [1.29, 1.82) is 0 Å². The molecule has 5 rings (SSSR count). The fourth-order valence-corrected chi connectivity index (χ4v) is 5.67. The Morgan fingerprint density at radius 1 is 0.897 bits per heavy atom. The number of allylic oxidation sites excluding steroid dienone is 8. The Morgan fingerprint density at radius 2 is 1.74 bits per heavy atom. The molecule has 2 N–H and O–H groups in total. The smallest absolute Gasteiger partial charge is 0.0465 e. The van der Waals surface area contributed by atoms with Crippen LogP contribution in [0.25, 0.3) is 22.3 Å². The Balaban J connectivity index is 1.29. The fourth-order valence-electron chi connectivity index (χ4n) is 4.85. The highest BCUT2D eigenvalue weighted by molar-refractivity contribution is 8.08. The zero-order valence-electron chi connectivity index (χ0n) is 22.7. The van der Waals surface area contributed by atoms with Crippen LogP contribution in [0.5, 0.6) is 0 Å². The monoisotopic (exact) mass is 528 g/mol. The minimum Gasteiger partial charge on any atom is -0.394 e. The molecule has 2 aliphatic heterocycles. The van der Waals surface area contributed by atoms with E-state index in [0.29, 0.717) is 10.5 Å². The van der Waals surface area contributed by atoms with Gasteiger partial charge >= 0.3 is 0 Å². The first kappa shape index (κ1) is 26.6. The minimum atomic E-state index is 0.592. The maximum absolute atomic E-state index is 3.53. The van der Waals surface area contributed by atoms with E-state index in [9.17, 15) is 0 Å². The fraction of sp³-hybridized carbons (Fsp3) is 0.167. The summed E-state index contributed by atoms with van der Waals surface area (Å²) in [6, 6.07) is 24.4. The van der Waals surface area contributed by atoms with E-state index in [1.165, 1.54) is 39.0 Å². The zero-order valence-corrected chi connectivity index (χ0v) is 23.5. The third-order valence-electron chi connectivity index (χ3n) is 6.91. The molecule has 3 aromatic rings. The SMILES string of the molecule is CN/C=C\C=C/C1SC1/C=C\C=C(\C)Cc1cccc(-c2ccc3c(c2)N/C=C\C=C/Cc2ccccc2-3)c1. The molecule has 2 nitrogen and oxygen atoms in total. The van der Waals surface area contributed by atoms with Crippen LogP contribution in [-0.2, 0) is 12.8 Å². The molecule has 0 bridgehead atoms. The van der Waals surface area contributed by atoms with Crippen LogP contribution in [-0.4, -0.2) is 17.5 Å². The minimum absolute atomic E-state index is 0.592. The van der Waals surface area contributed by atoms with Gasteiger partial charge in [-0.25, -0.2) is 0 Å². The molecule has 0 aromatic heterocycles. The van der Waals surface area contributed by atoms with E-state index >= 15 is 0 Å². The highest BCUT2D eigenvalue weighted by atomic mass is 32.2. The van der Waals surface area contributed by atoms with Gasteiger partial charge in [0.15, 0.2) is 0 Å². The summed E-state index contributed by atoms with van der Waals surface area (Å²) in [5.74, 6) is 0. The molecule has 196 valence electrons. The third-order valence-corrected chi connectivity index (χ3v) is 8.12. The molecule has 0 spiro atoms. The molecule has 2 aliphatic rings. The number of thioether (sulfide) groups is 1. The average Bonchev–Trinajstić information content (AvgIpc) is 3.71. The molecule has 0 amide bonds. The van der Waals surface area contributed by atoms with Crippen molar-refractivity contribution in [3.63, 3.8) is 0 Å². The Kier molecular flexibility index (Phi) is 9.03. The van der Waals surface area contributed by atoms with Crippen LogP contribution in [0.15, 0.2) is 139 Å². The lowest BCUT2D eigenvalue weighted by molar-refractivity contribution is 1.10. The maximum Gasteiger partial charge on any atom is 0.0465 e. The van der Waals surface area contributed by atoms with Crippen LogP contribution < -0.4 is 10.6 Å². The second-order valence-corrected chi connectivity index (χ2v) is 11.3. The van der Waals surface area contributed by atoms with Gasteiger partial charge in [-0.15, -0.1) is 11.8 Å². The summed E-state index contributed by atoms with van der Waals surface area (Å²) in [5.41, 5.74) is 10.1. The van der Waals surface area contributed by atoms with Gasteiger partial charge in [-0.1, -0.05) is 109 Å². The van der Waals surface area contributed by atoms with Crippen LogP contribution in [0.3, 0.4) is 0 Å². The average molecular weight is 529 g/mol. The molecule has 2 atom stereocenters. The van der Waals surface area contributed by atoms with Crippen molar-refractivity contribution in [2.75, 3.05) is 12.4 Å². The largest absolute Gasteiger partial charge is 0.394 e. The van der Waals surface area contributed by atoms with E-state index in [0.717, 1.165) is 18.5 Å². The van der Waals surface area contributed by atoms with Gasteiger partial charge in [-0.3, -0.25) is 0 Å². The van der Waals surface area contributed by atoms with Gasteiger partial charge in [-0.05, 0) is 72.0 Å². The van der Waals surface area contributed by atoms with Crippen LogP contribution in [0.1, 0.15) is 18.1 Å². The van der Waals surface area contributed by atoms with Crippen molar-refractivity contribution in [2.24, 2.45) is 0 Å². The summed E-state index contributed by atoms with van der Waals surface area (Å²) in [4.78, 5) is 0. The first-order chi connectivity index (χ1) is 19.2. The lowest BCUT2D eigenvalue weighted by Gasteiger charge is -2.16. The lowest BCUT2D eigenvalue weighted by Crippen LogP contribution is -1.96. The van der Waals surface area contributed by atoms with Crippen molar-refractivity contribution in [3.8, 4) is 22.3 Å². The molecule has 3 heteroatoms. The van der Waals surface area contributed by atoms with Crippen molar-refractivity contribution in [1.82, 2.24) is 5.32 Å². The molecule has 39 heavy (non-hydrogen) atoms. The second kappa shape index (κ2) is 13.2. The van der Waals surface area contributed by atoms with Crippen molar-refractivity contribution in [3.05, 3.63) is 151 Å². The molecule has 2 heterocycles. The van der Waals surface area contributed by atoms with E-state index in [1.807, 2.05) is 37.3 Å². The Labute approximate surface area is 237 Å². The Morgan fingerprint density at radius 3 is 2.64 bits per heavy atom. The standard InChI is InChI=1S/C36H36N2S/c1-27(12-10-19-36-35(39-36)18-7-9-22-37-2)24-28-13-11-16-30(25-28)31-20-21-33-32-17-6-5-15-29(32)14-4-3-8-23-38-34(33)26-31/h3-13,15-23,25-26,35-38H,14,24H2,1-2H3/b4-3-,18-7-,19-10-,22-9-,23-8-,27-12-.